The molecule has 0 aliphatic carbocycles. The molecule has 0 saturated carbocycles. The highest BCUT2D eigenvalue weighted by atomic mass is 16.3. The highest BCUT2D eigenvalue weighted by Crippen LogP contribution is 2.00. The minimum Gasteiger partial charge on any atom is -0.396 e. The number of piperazine rings is 1. The van der Waals surface area contributed by atoms with E-state index in [1.54, 1.807) is 4.68 Å². The zero-order chi connectivity index (χ0) is 14.9. The smallest absolute Gasteiger partial charge is 0.0964 e. The van der Waals surface area contributed by atoms with Gasteiger partial charge in [0.1, 0.15) is 0 Å². The Hall–Kier alpha value is -1.02. The monoisotopic (exact) mass is 296 g/mol. The van der Waals surface area contributed by atoms with Crippen molar-refractivity contribution in [3.63, 3.8) is 0 Å². The summed E-state index contributed by atoms with van der Waals surface area (Å²) < 4.78 is 1.79. The highest BCUT2D eigenvalue weighted by molar-refractivity contribution is 4.91. The molecule has 1 aromatic rings. The fraction of sp³-hybridized carbons (Fsp3) is 0.857. The van der Waals surface area contributed by atoms with E-state index in [0.717, 1.165) is 31.7 Å². The van der Waals surface area contributed by atoms with E-state index in [1.807, 2.05) is 6.20 Å². The predicted octanol–water partition coefficient (Wildman–Crippen LogP) is -0.612. The summed E-state index contributed by atoms with van der Waals surface area (Å²) in [5, 5.41) is 20.3. The van der Waals surface area contributed by atoms with Crippen LogP contribution in [0.15, 0.2) is 6.20 Å². The normalized spacial score (nSPS) is 17.4. The number of likely N-dealkylation sites (N-methyl/N-ethyl adjacent to an activating group) is 1. The lowest BCUT2D eigenvalue weighted by Crippen LogP contribution is -2.45. The summed E-state index contributed by atoms with van der Waals surface area (Å²) in [7, 11) is 2.19. The van der Waals surface area contributed by atoms with Gasteiger partial charge in [-0.25, -0.2) is 0 Å². The van der Waals surface area contributed by atoms with E-state index in [4.69, 9.17) is 5.11 Å². The quantitative estimate of drug-likeness (QED) is 0.592. The summed E-state index contributed by atoms with van der Waals surface area (Å²) in [4.78, 5) is 4.92. The average molecular weight is 296 g/mol. The van der Waals surface area contributed by atoms with Crippen LogP contribution in [0.2, 0.25) is 0 Å². The number of nitrogens with one attached hydrogen (secondary N) is 1. The molecule has 2 N–H and O–H groups in total. The van der Waals surface area contributed by atoms with E-state index in [1.165, 1.54) is 39.1 Å². The third kappa shape index (κ3) is 6.09. The van der Waals surface area contributed by atoms with E-state index in [9.17, 15) is 0 Å². The number of aliphatic hydroxyl groups excluding tert-OH is 1. The molecule has 1 fully saturated rings. The van der Waals surface area contributed by atoms with Gasteiger partial charge in [0.15, 0.2) is 0 Å². The molecule has 2 rings (SSSR count). The number of nitrogens with zero attached hydrogens (tertiary/aromatic N) is 5. The Morgan fingerprint density at radius 2 is 2.00 bits per heavy atom. The molecule has 7 heteroatoms. The van der Waals surface area contributed by atoms with Crippen molar-refractivity contribution in [2.75, 3.05) is 52.9 Å². The Kier molecular flexibility index (Phi) is 7.08. The number of hydrogen-bond acceptors (Lipinski definition) is 6. The first-order valence-corrected chi connectivity index (χ1v) is 7.89. The Morgan fingerprint density at radius 1 is 1.19 bits per heavy atom. The van der Waals surface area contributed by atoms with Crippen LogP contribution in [-0.2, 0) is 13.1 Å². The first-order valence-electron chi connectivity index (χ1n) is 7.89. The van der Waals surface area contributed by atoms with E-state index < -0.39 is 0 Å². The average Bonchev–Trinajstić information content (AvgIpc) is 2.94. The van der Waals surface area contributed by atoms with Crippen LogP contribution in [0.25, 0.3) is 0 Å². The van der Waals surface area contributed by atoms with Gasteiger partial charge in [-0.05, 0) is 33.0 Å². The van der Waals surface area contributed by atoms with Crippen molar-refractivity contribution in [1.82, 2.24) is 30.1 Å². The van der Waals surface area contributed by atoms with Gasteiger partial charge >= 0.3 is 0 Å². The summed E-state index contributed by atoms with van der Waals surface area (Å²) in [6, 6.07) is 0. The summed E-state index contributed by atoms with van der Waals surface area (Å²) in [5.74, 6) is 0. The Balaban J connectivity index is 1.52. The van der Waals surface area contributed by atoms with E-state index >= 15 is 0 Å². The molecule has 0 bridgehead atoms. The maximum atomic E-state index is 8.78. The molecule has 2 heterocycles. The van der Waals surface area contributed by atoms with Gasteiger partial charge in [0.2, 0.25) is 0 Å². The lowest BCUT2D eigenvalue weighted by atomic mass is 10.3. The van der Waals surface area contributed by atoms with Crippen LogP contribution in [0.4, 0.5) is 0 Å². The summed E-state index contributed by atoms with van der Waals surface area (Å²) in [6.07, 6.45) is 3.84. The number of rotatable bonds is 9. The van der Waals surface area contributed by atoms with Crippen LogP contribution in [-0.4, -0.2) is 82.8 Å². The molecule has 0 amide bonds. The van der Waals surface area contributed by atoms with Gasteiger partial charge in [0, 0.05) is 52.1 Å². The Morgan fingerprint density at radius 3 is 2.76 bits per heavy atom. The molecule has 0 unspecified atom stereocenters. The molecule has 7 nitrogen and oxygen atoms in total. The van der Waals surface area contributed by atoms with Crippen LogP contribution in [0.1, 0.15) is 18.5 Å². The largest absolute Gasteiger partial charge is 0.396 e. The maximum Gasteiger partial charge on any atom is 0.0964 e. The third-order valence-electron chi connectivity index (χ3n) is 3.86. The Bertz CT molecular complexity index is 389. The SMILES string of the molecule is CN1CCN(CCCNCc2cn(CCCO)nn2)CC1. The van der Waals surface area contributed by atoms with Gasteiger partial charge in [-0.3, -0.25) is 4.68 Å². The summed E-state index contributed by atoms with van der Waals surface area (Å²) >= 11 is 0. The number of aryl methyl sites for hydroxylation is 1. The van der Waals surface area contributed by atoms with Crippen molar-refractivity contribution in [2.45, 2.75) is 25.9 Å². The Labute approximate surface area is 126 Å². The van der Waals surface area contributed by atoms with Crippen LogP contribution < -0.4 is 5.32 Å². The van der Waals surface area contributed by atoms with Gasteiger partial charge in [0.25, 0.3) is 0 Å². The maximum absolute atomic E-state index is 8.78. The minimum atomic E-state index is 0.194. The second-order valence-electron chi connectivity index (χ2n) is 5.73. The van der Waals surface area contributed by atoms with Crippen molar-refractivity contribution < 1.29 is 5.11 Å². The van der Waals surface area contributed by atoms with Crippen LogP contribution in [0.5, 0.6) is 0 Å². The zero-order valence-corrected chi connectivity index (χ0v) is 13.0. The van der Waals surface area contributed by atoms with Crippen LogP contribution in [0, 0.1) is 0 Å². The second-order valence-corrected chi connectivity index (χ2v) is 5.73. The molecule has 1 aliphatic rings. The lowest BCUT2D eigenvalue weighted by Gasteiger charge is -2.32. The molecule has 0 spiro atoms. The third-order valence-corrected chi connectivity index (χ3v) is 3.86. The van der Waals surface area contributed by atoms with Crippen molar-refractivity contribution in [3.05, 3.63) is 11.9 Å². The number of hydrogen-bond donors (Lipinski definition) is 2. The van der Waals surface area contributed by atoms with Gasteiger partial charge in [-0.1, -0.05) is 5.21 Å². The van der Waals surface area contributed by atoms with Crippen LogP contribution >= 0.6 is 0 Å². The molecule has 0 radical (unpaired) electrons. The lowest BCUT2D eigenvalue weighted by molar-refractivity contribution is 0.152. The van der Waals surface area contributed by atoms with Gasteiger partial charge in [0.05, 0.1) is 5.69 Å². The zero-order valence-electron chi connectivity index (χ0n) is 13.0. The number of aromatic nitrogens is 3. The summed E-state index contributed by atoms with van der Waals surface area (Å²) in [5.41, 5.74) is 0.965. The summed E-state index contributed by atoms with van der Waals surface area (Å²) in [6.45, 7) is 8.62. The van der Waals surface area contributed by atoms with Gasteiger partial charge in [-0.2, -0.15) is 0 Å². The van der Waals surface area contributed by atoms with E-state index in [0.29, 0.717) is 0 Å². The molecular formula is C14H28N6O. The number of aliphatic hydroxyl groups is 1. The molecule has 1 saturated heterocycles. The molecule has 1 aliphatic heterocycles. The fourth-order valence-corrected chi connectivity index (χ4v) is 2.48. The molecule has 21 heavy (non-hydrogen) atoms. The first kappa shape index (κ1) is 16.4. The van der Waals surface area contributed by atoms with Crippen LogP contribution in [0.3, 0.4) is 0 Å². The minimum absolute atomic E-state index is 0.194. The predicted molar refractivity (Wildman–Crippen MR) is 82.0 cm³/mol. The standard InChI is InChI=1S/C14H28N6O/c1-18-7-9-19(10-8-18)5-2-4-15-12-14-13-20(17-16-14)6-3-11-21/h13,15,21H,2-12H2,1H3. The van der Waals surface area contributed by atoms with Gasteiger partial charge < -0.3 is 20.2 Å². The van der Waals surface area contributed by atoms with Crippen molar-refractivity contribution in [1.29, 1.82) is 0 Å². The second kappa shape index (κ2) is 9.09. The molecule has 120 valence electrons. The first-order chi connectivity index (χ1) is 10.3. The van der Waals surface area contributed by atoms with Crippen molar-refractivity contribution >= 4 is 0 Å². The molecule has 0 aromatic carbocycles. The molecular weight excluding hydrogens is 268 g/mol. The molecule has 0 atom stereocenters. The van der Waals surface area contributed by atoms with Gasteiger partial charge in [-0.15, -0.1) is 5.10 Å². The van der Waals surface area contributed by atoms with Crippen molar-refractivity contribution in [3.8, 4) is 0 Å². The fourth-order valence-electron chi connectivity index (χ4n) is 2.48. The topological polar surface area (TPSA) is 69.5 Å². The van der Waals surface area contributed by atoms with E-state index in [-0.39, 0.29) is 6.61 Å². The van der Waals surface area contributed by atoms with E-state index in [2.05, 4.69) is 32.5 Å². The molecule has 1 aromatic heterocycles. The van der Waals surface area contributed by atoms with Crippen molar-refractivity contribution in [2.24, 2.45) is 0 Å². The highest BCUT2D eigenvalue weighted by Gasteiger charge is 2.12.